The first-order valence-electron chi connectivity index (χ1n) is 7.94. The fraction of sp³-hybridized carbons (Fsp3) is 0.375. The van der Waals surface area contributed by atoms with E-state index in [0.717, 1.165) is 34.4 Å². The predicted molar refractivity (Wildman–Crippen MR) is 96.1 cm³/mol. The molecule has 1 fully saturated rings. The Kier molecular flexibility index (Phi) is 3.90. The molecule has 0 saturated carbocycles. The molecule has 1 unspecified atom stereocenters. The molecule has 3 heterocycles. The first kappa shape index (κ1) is 15.7. The van der Waals surface area contributed by atoms with Crippen molar-refractivity contribution in [2.45, 2.75) is 25.2 Å². The summed E-state index contributed by atoms with van der Waals surface area (Å²) in [5.74, 6) is 0.498. The molecule has 1 aliphatic heterocycles. The minimum absolute atomic E-state index is 0.0287. The summed E-state index contributed by atoms with van der Waals surface area (Å²) in [6.07, 6.45) is 9.63. The highest BCUT2D eigenvalue weighted by Crippen LogP contribution is 2.38. The van der Waals surface area contributed by atoms with E-state index in [1.807, 2.05) is 18.2 Å². The van der Waals surface area contributed by atoms with Crippen molar-refractivity contribution in [3.05, 3.63) is 40.4 Å². The summed E-state index contributed by atoms with van der Waals surface area (Å²) in [5, 5.41) is 0. The van der Waals surface area contributed by atoms with Crippen molar-refractivity contribution in [1.29, 1.82) is 0 Å². The summed E-state index contributed by atoms with van der Waals surface area (Å²) in [4.78, 5) is 9.73. The molecule has 6 nitrogen and oxygen atoms in total. The Morgan fingerprint density at radius 1 is 1.25 bits per heavy atom. The summed E-state index contributed by atoms with van der Waals surface area (Å²) in [7, 11) is -3.38. The maximum absolute atomic E-state index is 12.8. The molecule has 0 aromatic carbocycles. The summed E-state index contributed by atoms with van der Waals surface area (Å²) in [5.41, 5.74) is 6.72. The maximum atomic E-state index is 12.8. The molecule has 0 spiro atoms. The average molecular weight is 362 g/mol. The molecule has 4 rings (SSSR count). The van der Waals surface area contributed by atoms with Crippen molar-refractivity contribution < 1.29 is 8.42 Å². The molecular formula is C16H18N4O2S2. The molecule has 1 saturated heterocycles. The van der Waals surface area contributed by atoms with Gasteiger partial charge in [0.05, 0.1) is 15.1 Å². The molecule has 0 bridgehead atoms. The van der Waals surface area contributed by atoms with Gasteiger partial charge >= 0.3 is 0 Å². The van der Waals surface area contributed by atoms with Crippen molar-refractivity contribution in [1.82, 2.24) is 14.3 Å². The topological polar surface area (TPSA) is 89.2 Å². The molecule has 2 aromatic heterocycles. The monoisotopic (exact) mass is 362 g/mol. The number of nitrogens with two attached hydrogens (primary N) is 1. The van der Waals surface area contributed by atoms with E-state index in [1.54, 1.807) is 10.4 Å². The number of hydrogen-bond acceptors (Lipinski definition) is 6. The van der Waals surface area contributed by atoms with Crippen LogP contribution in [0.5, 0.6) is 0 Å². The summed E-state index contributed by atoms with van der Waals surface area (Å²) in [6.45, 7) is 1.24. The third kappa shape index (κ3) is 2.64. The third-order valence-corrected chi connectivity index (χ3v) is 7.66. The van der Waals surface area contributed by atoms with Crippen LogP contribution < -0.4 is 5.73 Å². The zero-order valence-corrected chi connectivity index (χ0v) is 14.7. The van der Waals surface area contributed by atoms with E-state index in [2.05, 4.69) is 9.97 Å². The number of anilines is 1. The highest BCUT2D eigenvalue weighted by molar-refractivity contribution is 7.93. The lowest BCUT2D eigenvalue weighted by Gasteiger charge is -2.20. The zero-order chi connectivity index (χ0) is 16.7. The Morgan fingerprint density at radius 2 is 2.04 bits per heavy atom. The lowest BCUT2D eigenvalue weighted by Crippen LogP contribution is -2.29. The van der Waals surface area contributed by atoms with Crippen molar-refractivity contribution in [3.8, 4) is 0 Å². The molecule has 0 radical (unpaired) electrons. The molecule has 1 atom stereocenters. The number of allylic oxidation sites excluding steroid dienone is 3. The quantitative estimate of drug-likeness (QED) is 0.906. The number of rotatable bonds is 3. The zero-order valence-electron chi connectivity index (χ0n) is 13.1. The van der Waals surface area contributed by atoms with E-state index in [4.69, 9.17) is 5.73 Å². The van der Waals surface area contributed by atoms with Crippen LogP contribution >= 0.6 is 11.3 Å². The first-order chi connectivity index (χ1) is 11.6. The molecule has 1 aliphatic carbocycles. The summed E-state index contributed by atoms with van der Waals surface area (Å²) < 4.78 is 28.0. The Hall–Kier alpha value is -1.77. The minimum atomic E-state index is -3.38. The van der Waals surface area contributed by atoms with Crippen LogP contribution in [0.2, 0.25) is 0 Å². The number of nitrogen functional groups attached to an aromatic ring is 1. The van der Waals surface area contributed by atoms with E-state index in [1.165, 1.54) is 17.7 Å². The fourth-order valence-electron chi connectivity index (χ4n) is 3.17. The van der Waals surface area contributed by atoms with E-state index in [9.17, 15) is 8.42 Å². The molecule has 2 aromatic rings. The number of sulfonamides is 1. The second kappa shape index (κ2) is 5.94. The Labute approximate surface area is 144 Å². The van der Waals surface area contributed by atoms with Crippen LogP contribution in [-0.2, 0) is 10.0 Å². The maximum Gasteiger partial charge on any atom is 0.242 e. The van der Waals surface area contributed by atoms with Gasteiger partial charge in [0.15, 0.2) is 0 Å². The van der Waals surface area contributed by atoms with Gasteiger partial charge in [-0.05, 0) is 31.4 Å². The van der Waals surface area contributed by atoms with Crippen LogP contribution in [0.1, 0.15) is 30.1 Å². The Balaban J connectivity index is 1.70. The summed E-state index contributed by atoms with van der Waals surface area (Å²) >= 11 is 1.54. The van der Waals surface area contributed by atoms with Crippen molar-refractivity contribution in [3.63, 3.8) is 0 Å². The molecule has 2 aliphatic rings. The SMILES string of the molecule is Nc1ncnc2cc(C3C=C(S(=O)(=O)N4CCCC4)C=CC3)sc12. The van der Waals surface area contributed by atoms with Gasteiger partial charge < -0.3 is 5.73 Å². The van der Waals surface area contributed by atoms with Crippen molar-refractivity contribution >= 4 is 37.4 Å². The molecule has 0 amide bonds. The van der Waals surface area contributed by atoms with Crippen molar-refractivity contribution in [2.24, 2.45) is 0 Å². The van der Waals surface area contributed by atoms with Gasteiger partial charge in [-0.25, -0.2) is 18.4 Å². The van der Waals surface area contributed by atoms with Crippen LogP contribution in [-0.4, -0.2) is 35.8 Å². The van der Waals surface area contributed by atoms with Gasteiger partial charge in [-0.3, -0.25) is 0 Å². The lowest BCUT2D eigenvalue weighted by atomic mass is 9.99. The molecule has 2 N–H and O–H groups in total. The van der Waals surface area contributed by atoms with Crippen LogP contribution in [0.25, 0.3) is 10.2 Å². The number of hydrogen-bond donors (Lipinski definition) is 1. The predicted octanol–water partition coefficient (Wildman–Crippen LogP) is 2.63. The Morgan fingerprint density at radius 3 is 2.79 bits per heavy atom. The van der Waals surface area contributed by atoms with Gasteiger partial charge in [0, 0.05) is 23.9 Å². The third-order valence-electron chi connectivity index (χ3n) is 4.46. The summed E-state index contributed by atoms with van der Waals surface area (Å²) in [6, 6.07) is 1.98. The smallest absolute Gasteiger partial charge is 0.242 e. The van der Waals surface area contributed by atoms with Crippen LogP contribution in [0, 0.1) is 0 Å². The van der Waals surface area contributed by atoms with E-state index >= 15 is 0 Å². The highest BCUT2D eigenvalue weighted by Gasteiger charge is 2.30. The number of thiophene rings is 1. The van der Waals surface area contributed by atoms with Gasteiger partial charge in [-0.1, -0.05) is 12.2 Å². The lowest BCUT2D eigenvalue weighted by molar-refractivity contribution is 0.484. The normalized spacial score (nSPS) is 22.2. The molecule has 24 heavy (non-hydrogen) atoms. The first-order valence-corrected chi connectivity index (χ1v) is 10.2. The van der Waals surface area contributed by atoms with Gasteiger partial charge in [-0.2, -0.15) is 4.31 Å². The Bertz CT molecular complexity index is 940. The standard InChI is InChI=1S/C16H18N4O2S2/c17-16-15-13(18-10-19-16)9-14(23-15)11-4-3-5-12(8-11)24(21,22)20-6-1-2-7-20/h3,5,8-11H,1-2,4,6-7H2,(H2,17,18,19). The van der Waals surface area contributed by atoms with Gasteiger partial charge in [0.25, 0.3) is 0 Å². The van der Waals surface area contributed by atoms with Crippen molar-refractivity contribution in [2.75, 3.05) is 18.8 Å². The highest BCUT2D eigenvalue weighted by atomic mass is 32.2. The molecular weight excluding hydrogens is 344 g/mol. The number of fused-ring (bicyclic) bond motifs is 1. The van der Waals surface area contributed by atoms with E-state index in [-0.39, 0.29) is 5.92 Å². The number of nitrogens with zero attached hydrogens (tertiary/aromatic N) is 3. The van der Waals surface area contributed by atoms with Crippen LogP contribution in [0.3, 0.4) is 0 Å². The molecule has 8 heteroatoms. The van der Waals surface area contributed by atoms with Gasteiger partial charge in [-0.15, -0.1) is 11.3 Å². The van der Waals surface area contributed by atoms with Crippen LogP contribution in [0.4, 0.5) is 5.82 Å². The van der Waals surface area contributed by atoms with E-state index in [0.29, 0.717) is 23.8 Å². The fourth-order valence-corrected chi connectivity index (χ4v) is 5.91. The molecule has 126 valence electrons. The van der Waals surface area contributed by atoms with Crippen LogP contribution in [0.15, 0.2) is 35.5 Å². The number of aromatic nitrogens is 2. The minimum Gasteiger partial charge on any atom is -0.382 e. The second-order valence-electron chi connectivity index (χ2n) is 6.05. The van der Waals surface area contributed by atoms with E-state index < -0.39 is 10.0 Å². The second-order valence-corrected chi connectivity index (χ2v) is 9.07. The van der Waals surface area contributed by atoms with Gasteiger partial charge in [0.2, 0.25) is 10.0 Å². The largest absolute Gasteiger partial charge is 0.382 e. The van der Waals surface area contributed by atoms with Gasteiger partial charge in [0.1, 0.15) is 12.1 Å². The average Bonchev–Trinajstić information content (AvgIpc) is 3.25.